The normalized spacial score (nSPS) is 15.2. The molecule has 2 aromatic carbocycles. The summed E-state index contributed by atoms with van der Waals surface area (Å²) < 4.78 is 5.66. The number of rotatable bonds is 6. The number of aromatic carboxylic acids is 1. The fraction of sp³-hybridized carbons (Fsp3) is 0.333. The van der Waals surface area contributed by atoms with Crippen molar-refractivity contribution < 1.29 is 14.6 Å². The maximum atomic E-state index is 11.2. The number of ether oxygens (including phenoxy) is 1. The first-order chi connectivity index (χ1) is 13.8. The highest BCUT2D eigenvalue weighted by Gasteiger charge is 2.31. The lowest BCUT2D eigenvalue weighted by Crippen LogP contribution is -2.45. The molecule has 29 heavy (non-hydrogen) atoms. The van der Waals surface area contributed by atoms with Gasteiger partial charge in [-0.3, -0.25) is 4.99 Å². The number of fused-ring (bicyclic) bond motifs is 1. The maximum absolute atomic E-state index is 11.2. The summed E-state index contributed by atoms with van der Waals surface area (Å²) in [6.45, 7) is 9.74. The van der Waals surface area contributed by atoms with Crippen LogP contribution < -0.4 is 9.64 Å². The molecule has 0 aliphatic carbocycles. The number of allylic oxidation sites excluding steroid dienone is 1. The summed E-state index contributed by atoms with van der Waals surface area (Å²) in [5.41, 5.74) is 5.15. The first-order valence-corrected chi connectivity index (χ1v) is 9.83. The molecule has 1 aliphatic heterocycles. The Labute approximate surface area is 172 Å². The van der Waals surface area contributed by atoms with Gasteiger partial charge in [-0.1, -0.05) is 19.1 Å². The van der Waals surface area contributed by atoms with Crippen LogP contribution in [-0.2, 0) is 0 Å². The zero-order chi connectivity index (χ0) is 21.2. The molecule has 5 heteroatoms. The van der Waals surface area contributed by atoms with Gasteiger partial charge in [-0.25, -0.2) is 4.79 Å². The van der Waals surface area contributed by atoms with Crippen molar-refractivity contribution in [1.29, 1.82) is 0 Å². The lowest BCUT2D eigenvalue weighted by molar-refractivity contribution is 0.0697. The van der Waals surface area contributed by atoms with E-state index in [1.54, 1.807) is 37.6 Å². The molecule has 1 aliphatic rings. The molecule has 5 nitrogen and oxygen atoms in total. The molecule has 0 saturated carbocycles. The van der Waals surface area contributed by atoms with Gasteiger partial charge in [0.2, 0.25) is 0 Å². The van der Waals surface area contributed by atoms with Crippen molar-refractivity contribution in [3.8, 4) is 5.75 Å². The number of hydrogen-bond donors (Lipinski definition) is 1. The SMILES string of the molecule is CCCN1c2cc(OC)c(C=Nc3cccc(C(=O)O)c3)cc2C(C)=CC1(C)C. The van der Waals surface area contributed by atoms with E-state index in [0.29, 0.717) is 5.69 Å². The highest BCUT2D eigenvalue weighted by atomic mass is 16.5. The highest BCUT2D eigenvalue weighted by molar-refractivity contribution is 5.93. The minimum absolute atomic E-state index is 0.0645. The van der Waals surface area contributed by atoms with E-state index in [4.69, 9.17) is 9.84 Å². The monoisotopic (exact) mass is 392 g/mol. The lowest BCUT2D eigenvalue weighted by Gasteiger charge is -2.43. The highest BCUT2D eigenvalue weighted by Crippen LogP contribution is 2.42. The predicted molar refractivity (Wildman–Crippen MR) is 119 cm³/mol. The number of aliphatic imine (C=N–C) groups is 1. The molecule has 0 saturated heterocycles. The molecule has 0 aromatic heterocycles. The lowest BCUT2D eigenvalue weighted by atomic mass is 9.87. The Kier molecular flexibility index (Phi) is 5.78. The smallest absolute Gasteiger partial charge is 0.335 e. The number of carboxylic acid groups (broad SMARTS) is 1. The molecule has 0 bridgehead atoms. The Hall–Kier alpha value is -3.08. The van der Waals surface area contributed by atoms with E-state index < -0.39 is 5.97 Å². The minimum atomic E-state index is -0.965. The van der Waals surface area contributed by atoms with E-state index in [9.17, 15) is 4.79 Å². The average molecular weight is 392 g/mol. The van der Waals surface area contributed by atoms with Crippen molar-refractivity contribution in [3.63, 3.8) is 0 Å². The van der Waals surface area contributed by atoms with Crippen LogP contribution in [0.2, 0.25) is 0 Å². The van der Waals surface area contributed by atoms with Gasteiger partial charge in [0, 0.05) is 35.6 Å². The summed E-state index contributed by atoms with van der Waals surface area (Å²) in [5.74, 6) is -0.221. The fourth-order valence-corrected chi connectivity index (χ4v) is 3.89. The molecule has 1 heterocycles. The summed E-state index contributed by atoms with van der Waals surface area (Å²) in [6, 6.07) is 10.8. The Morgan fingerprint density at radius 3 is 2.69 bits per heavy atom. The number of benzene rings is 2. The van der Waals surface area contributed by atoms with Gasteiger partial charge in [-0.15, -0.1) is 0 Å². The van der Waals surface area contributed by atoms with Crippen LogP contribution in [0.15, 0.2) is 47.5 Å². The van der Waals surface area contributed by atoms with Crippen molar-refractivity contribution in [1.82, 2.24) is 0 Å². The van der Waals surface area contributed by atoms with Gasteiger partial charge in [-0.05, 0) is 57.0 Å². The molecule has 152 valence electrons. The molecule has 0 atom stereocenters. The van der Waals surface area contributed by atoms with Gasteiger partial charge in [0.1, 0.15) is 5.75 Å². The van der Waals surface area contributed by atoms with E-state index in [-0.39, 0.29) is 11.1 Å². The Bertz CT molecular complexity index is 990. The van der Waals surface area contributed by atoms with Gasteiger partial charge >= 0.3 is 5.97 Å². The number of carboxylic acids is 1. The molecule has 0 spiro atoms. The van der Waals surface area contributed by atoms with Gasteiger partial charge in [0.05, 0.1) is 23.9 Å². The van der Waals surface area contributed by atoms with E-state index in [2.05, 4.69) is 55.8 Å². The Balaban J connectivity index is 2.05. The van der Waals surface area contributed by atoms with Crippen molar-refractivity contribution in [2.75, 3.05) is 18.6 Å². The van der Waals surface area contributed by atoms with Crippen molar-refractivity contribution in [2.45, 2.75) is 39.7 Å². The number of anilines is 1. The first-order valence-electron chi connectivity index (χ1n) is 9.83. The van der Waals surface area contributed by atoms with E-state index in [0.717, 1.165) is 24.3 Å². The second kappa shape index (κ2) is 8.11. The van der Waals surface area contributed by atoms with E-state index in [1.807, 2.05) is 0 Å². The van der Waals surface area contributed by atoms with Crippen LogP contribution in [0.25, 0.3) is 5.57 Å². The second-order valence-electron chi connectivity index (χ2n) is 7.86. The van der Waals surface area contributed by atoms with Crippen LogP contribution in [0.4, 0.5) is 11.4 Å². The summed E-state index contributed by atoms with van der Waals surface area (Å²) in [7, 11) is 1.66. The summed E-state index contributed by atoms with van der Waals surface area (Å²) in [5, 5.41) is 9.17. The van der Waals surface area contributed by atoms with Gasteiger partial charge in [-0.2, -0.15) is 0 Å². The van der Waals surface area contributed by atoms with Crippen LogP contribution in [0, 0.1) is 0 Å². The van der Waals surface area contributed by atoms with Crippen LogP contribution in [0.1, 0.15) is 55.6 Å². The molecule has 0 unspecified atom stereocenters. The Morgan fingerprint density at radius 2 is 2.03 bits per heavy atom. The quantitative estimate of drug-likeness (QED) is 0.654. The number of methoxy groups -OCH3 is 1. The molecule has 2 aromatic rings. The third-order valence-electron chi connectivity index (χ3n) is 5.22. The van der Waals surface area contributed by atoms with E-state index in [1.165, 1.54) is 16.8 Å². The largest absolute Gasteiger partial charge is 0.496 e. The standard InChI is InChI=1S/C24H28N2O3/c1-6-10-26-21-13-22(29-5)18(12-20(21)16(2)14-24(26,3)4)15-25-19-9-7-8-17(11-19)23(27)28/h7-9,11-15H,6,10H2,1-5H3,(H,27,28). The van der Waals surface area contributed by atoms with Crippen LogP contribution >= 0.6 is 0 Å². The second-order valence-corrected chi connectivity index (χ2v) is 7.86. The summed E-state index contributed by atoms with van der Waals surface area (Å²) in [4.78, 5) is 18.1. The number of nitrogens with zero attached hydrogens (tertiary/aromatic N) is 2. The van der Waals surface area contributed by atoms with Gasteiger partial charge in [0.25, 0.3) is 0 Å². The van der Waals surface area contributed by atoms with Crippen molar-refractivity contribution in [2.24, 2.45) is 4.99 Å². The topological polar surface area (TPSA) is 62.1 Å². The number of hydrogen-bond acceptors (Lipinski definition) is 4. The van der Waals surface area contributed by atoms with E-state index >= 15 is 0 Å². The third kappa shape index (κ3) is 4.19. The molecular weight excluding hydrogens is 364 g/mol. The summed E-state index contributed by atoms with van der Waals surface area (Å²) >= 11 is 0. The molecule has 0 amide bonds. The molecular formula is C24H28N2O3. The average Bonchev–Trinajstić information content (AvgIpc) is 2.68. The molecule has 0 radical (unpaired) electrons. The van der Waals surface area contributed by atoms with Gasteiger partial charge in [0.15, 0.2) is 0 Å². The molecule has 0 fully saturated rings. The molecule has 3 rings (SSSR count). The van der Waals surface area contributed by atoms with Crippen LogP contribution in [0.3, 0.4) is 0 Å². The molecule has 1 N–H and O–H groups in total. The fourth-order valence-electron chi connectivity index (χ4n) is 3.89. The zero-order valence-corrected chi connectivity index (χ0v) is 17.7. The summed E-state index contributed by atoms with van der Waals surface area (Å²) in [6.07, 6.45) is 5.09. The van der Waals surface area contributed by atoms with Crippen molar-refractivity contribution in [3.05, 3.63) is 59.2 Å². The minimum Gasteiger partial charge on any atom is -0.496 e. The Morgan fingerprint density at radius 1 is 1.28 bits per heavy atom. The van der Waals surface area contributed by atoms with Gasteiger partial charge < -0.3 is 14.7 Å². The third-order valence-corrected chi connectivity index (χ3v) is 5.22. The van der Waals surface area contributed by atoms with Crippen LogP contribution in [0.5, 0.6) is 5.75 Å². The first kappa shape index (κ1) is 20.6. The maximum Gasteiger partial charge on any atom is 0.335 e. The van der Waals surface area contributed by atoms with Crippen molar-refractivity contribution >= 4 is 29.1 Å². The zero-order valence-electron chi connectivity index (χ0n) is 17.7. The predicted octanol–water partition coefficient (Wildman–Crippen LogP) is 5.56. The number of carbonyl (C=O) groups is 1. The van der Waals surface area contributed by atoms with Crippen LogP contribution in [-0.4, -0.2) is 36.5 Å².